The maximum Gasteiger partial charge on any atom is 0.272 e. The summed E-state index contributed by atoms with van der Waals surface area (Å²) in [6.45, 7) is 0.126. The second kappa shape index (κ2) is 12.8. The van der Waals surface area contributed by atoms with Crippen molar-refractivity contribution in [3.63, 3.8) is 0 Å². The Morgan fingerprint density at radius 2 is 1.62 bits per heavy atom. The van der Waals surface area contributed by atoms with Crippen molar-refractivity contribution in [1.82, 2.24) is 5.32 Å². The minimum Gasteiger partial charge on any atom is -0.454 e. The molecule has 11 heteroatoms. The van der Waals surface area contributed by atoms with Gasteiger partial charge in [-0.3, -0.25) is 24.5 Å². The number of ether oxygens (including phenoxy) is 2. The van der Waals surface area contributed by atoms with Gasteiger partial charge < -0.3 is 20.1 Å². The number of nitro groups is 1. The Morgan fingerprint density at radius 1 is 0.857 bits per heavy atom. The lowest BCUT2D eigenvalue weighted by Gasteiger charge is -2.12. The molecule has 0 bridgehead atoms. The largest absolute Gasteiger partial charge is 0.454 e. The van der Waals surface area contributed by atoms with Crippen LogP contribution in [0, 0.1) is 10.1 Å². The fourth-order valence-corrected chi connectivity index (χ4v) is 4.82. The first-order valence-corrected chi connectivity index (χ1v) is 13.6. The van der Waals surface area contributed by atoms with E-state index in [0.717, 1.165) is 4.90 Å². The van der Waals surface area contributed by atoms with Crippen molar-refractivity contribution in [2.75, 3.05) is 17.9 Å². The second-order valence-corrected chi connectivity index (χ2v) is 10.0. The molecule has 1 aliphatic rings. The van der Waals surface area contributed by atoms with Crippen molar-refractivity contribution in [2.24, 2.45) is 0 Å². The number of rotatable bonds is 10. The van der Waals surface area contributed by atoms with Crippen LogP contribution in [0.3, 0.4) is 0 Å². The van der Waals surface area contributed by atoms with Gasteiger partial charge in [0, 0.05) is 33.8 Å². The van der Waals surface area contributed by atoms with E-state index in [0.29, 0.717) is 33.9 Å². The van der Waals surface area contributed by atoms with E-state index in [1.54, 1.807) is 66.7 Å². The first-order valence-electron chi connectivity index (χ1n) is 12.7. The number of ketones is 1. The van der Waals surface area contributed by atoms with Gasteiger partial charge in [-0.1, -0.05) is 24.3 Å². The Kier molecular flexibility index (Phi) is 8.59. The number of fused-ring (bicyclic) bond motifs is 1. The van der Waals surface area contributed by atoms with Gasteiger partial charge in [-0.05, 0) is 72.3 Å². The summed E-state index contributed by atoms with van der Waals surface area (Å²) in [7, 11) is 0. The van der Waals surface area contributed by atoms with Crippen molar-refractivity contribution < 1.29 is 28.8 Å². The van der Waals surface area contributed by atoms with Crippen LogP contribution in [0.1, 0.15) is 26.3 Å². The SMILES string of the molecule is O=C(Nc1cccc(SCC(=O)c2ccc3c(c2)OCO3)c1)/C(=C/c1ccc([N+](=O)[O-])cc1)NC(=O)c1ccccc1. The molecule has 2 amide bonds. The van der Waals surface area contributed by atoms with Gasteiger partial charge in [0.05, 0.1) is 10.7 Å². The molecular formula is C31H23N3O7S. The van der Waals surface area contributed by atoms with Gasteiger partial charge in [0.2, 0.25) is 6.79 Å². The van der Waals surface area contributed by atoms with Crippen LogP contribution in [0.5, 0.6) is 11.5 Å². The summed E-state index contributed by atoms with van der Waals surface area (Å²) in [5, 5.41) is 16.4. The zero-order valence-corrected chi connectivity index (χ0v) is 22.8. The van der Waals surface area contributed by atoms with Gasteiger partial charge >= 0.3 is 0 Å². The molecular weight excluding hydrogens is 558 g/mol. The van der Waals surface area contributed by atoms with E-state index in [4.69, 9.17) is 9.47 Å². The molecule has 0 saturated carbocycles. The fraction of sp³-hybridized carbons (Fsp3) is 0.0645. The van der Waals surface area contributed by atoms with Gasteiger partial charge in [-0.15, -0.1) is 11.8 Å². The number of amides is 2. The first kappa shape index (κ1) is 28.1. The van der Waals surface area contributed by atoms with Crippen molar-refractivity contribution in [2.45, 2.75) is 4.90 Å². The number of anilines is 1. The zero-order valence-electron chi connectivity index (χ0n) is 21.9. The minimum absolute atomic E-state index is 0.0613. The molecule has 1 aliphatic heterocycles. The molecule has 0 saturated heterocycles. The van der Waals surface area contributed by atoms with E-state index in [9.17, 15) is 24.5 Å². The fourth-order valence-electron chi connectivity index (χ4n) is 3.97. The molecule has 4 aromatic carbocycles. The maximum absolute atomic E-state index is 13.3. The molecule has 0 fully saturated rings. The maximum atomic E-state index is 13.3. The Morgan fingerprint density at radius 3 is 2.38 bits per heavy atom. The van der Waals surface area contributed by atoms with E-state index in [1.165, 1.54) is 42.1 Å². The van der Waals surface area contributed by atoms with Gasteiger partial charge in [0.15, 0.2) is 17.3 Å². The number of benzene rings is 4. The van der Waals surface area contributed by atoms with Gasteiger partial charge in [0.1, 0.15) is 5.70 Å². The highest BCUT2D eigenvalue weighted by atomic mass is 32.2. The van der Waals surface area contributed by atoms with Crippen molar-refractivity contribution >= 4 is 46.8 Å². The van der Waals surface area contributed by atoms with E-state index in [1.807, 2.05) is 6.07 Å². The van der Waals surface area contributed by atoms with E-state index in [2.05, 4.69) is 10.6 Å². The minimum atomic E-state index is -0.601. The first-order chi connectivity index (χ1) is 20.4. The number of nitrogens with zero attached hydrogens (tertiary/aromatic N) is 1. The van der Waals surface area contributed by atoms with Crippen LogP contribution >= 0.6 is 11.8 Å². The van der Waals surface area contributed by atoms with Crippen molar-refractivity contribution in [3.8, 4) is 11.5 Å². The third-order valence-corrected chi connectivity index (χ3v) is 7.09. The molecule has 42 heavy (non-hydrogen) atoms. The molecule has 1 heterocycles. The molecule has 210 valence electrons. The molecule has 0 radical (unpaired) electrons. The normalized spacial score (nSPS) is 12.0. The lowest BCUT2D eigenvalue weighted by atomic mass is 10.1. The summed E-state index contributed by atoms with van der Waals surface area (Å²) in [4.78, 5) is 50.2. The van der Waals surface area contributed by atoms with Gasteiger partial charge in [-0.25, -0.2) is 0 Å². The number of carbonyl (C=O) groups excluding carboxylic acids is 3. The number of non-ortho nitro benzene ring substituents is 1. The molecule has 0 spiro atoms. The molecule has 0 unspecified atom stereocenters. The quantitative estimate of drug-likeness (QED) is 0.0799. The Bertz CT molecular complexity index is 1690. The molecule has 2 N–H and O–H groups in total. The summed E-state index contributed by atoms with van der Waals surface area (Å²) in [6, 6.07) is 26.0. The summed E-state index contributed by atoms with van der Waals surface area (Å²) >= 11 is 1.31. The summed E-state index contributed by atoms with van der Waals surface area (Å²) < 4.78 is 10.6. The Balaban J connectivity index is 1.29. The molecule has 4 aromatic rings. The van der Waals surface area contributed by atoms with E-state index >= 15 is 0 Å². The average molecular weight is 582 g/mol. The smallest absolute Gasteiger partial charge is 0.272 e. The number of carbonyl (C=O) groups is 3. The zero-order chi connectivity index (χ0) is 29.5. The van der Waals surface area contributed by atoms with E-state index in [-0.39, 0.29) is 29.7 Å². The average Bonchev–Trinajstić information content (AvgIpc) is 3.48. The summed E-state index contributed by atoms with van der Waals surface area (Å²) in [5.41, 5.74) is 1.62. The topological polar surface area (TPSA) is 137 Å². The van der Waals surface area contributed by atoms with E-state index < -0.39 is 16.7 Å². The lowest BCUT2D eigenvalue weighted by Crippen LogP contribution is -2.30. The molecule has 5 rings (SSSR count). The summed E-state index contributed by atoms with van der Waals surface area (Å²) in [5.74, 6) is 0.110. The molecule has 0 aliphatic carbocycles. The van der Waals surface area contributed by atoms with Crippen molar-refractivity contribution in [3.05, 3.63) is 130 Å². The van der Waals surface area contributed by atoms with Crippen LogP contribution in [0.15, 0.2) is 108 Å². The Hall–Kier alpha value is -5.42. The van der Waals surface area contributed by atoms with Crippen LogP contribution in [0.25, 0.3) is 6.08 Å². The second-order valence-electron chi connectivity index (χ2n) is 8.99. The highest BCUT2D eigenvalue weighted by Gasteiger charge is 2.18. The molecule has 10 nitrogen and oxygen atoms in total. The predicted octanol–water partition coefficient (Wildman–Crippen LogP) is 5.71. The highest BCUT2D eigenvalue weighted by molar-refractivity contribution is 8.00. The molecule has 0 atom stereocenters. The van der Waals surface area contributed by atoms with Crippen LogP contribution in [0.2, 0.25) is 0 Å². The number of hydrogen-bond acceptors (Lipinski definition) is 8. The number of hydrogen-bond donors (Lipinski definition) is 2. The van der Waals surface area contributed by atoms with Crippen LogP contribution in [-0.2, 0) is 4.79 Å². The van der Waals surface area contributed by atoms with Crippen molar-refractivity contribution in [1.29, 1.82) is 0 Å². The third kappa shape index (κ3) is 7.01. The number of nitro benzene ring substituents is 1. The van der Waals surface area contributed by atoms with Crippen LogP contribution in [0.4, 0.5) is 11.4 Å². The lowest BCUT2D eigenvalue weighted by molar-refractivity contribution is -0.384. The summed E-state index contributed by atoms with van der Waals surface area (Å²) in [6.07, 6.45) is 1.43. The third-order valence-electron chi connectivity index (χ3n) is 6.10. The number of thioether (sulfide) groups is 1. The van der Waals surface area contributed by atoms with Gasteiger partial charge in [0.25, 0.3) is 17.5 Å². The monoisotopic (exact) mass is 581 g/mol. The van der Waals surface area contributed by atoms with Crippen LogP contribution < -0.4 is 20.1 Å². The number of Topliss-reactive ketones (excluding diaryl/α,β-unsaturated/α-hetero) is 1. The standard InChI is InChI=1S/C31H23N3O7S/c35-27(22-11-14-28-29(16-22)41-19-40-28)18-42-25-8-4-7-23(17-25)32-31(37)26(33-30(36)21-5-2-1-3-6-21)15-20-9-12-24(13-10-20)34(38)39/h1-17H,18-19H2,(H,32,37)(H,33,36)/b26-15-. The number of nitrogens with one attached hydrogen (secondary N) is 2. The predicted molar refractivity (Wildman–Crippen MR) is 158 cm³/mol. The Labute approximate surface area is 244 Å². The molecule has 0 aromatic heterocycles. The van der Waals surface area contributed by atoms with Gasteiger partial charge in [-0.2, -0.15) is 0 Å². The highest BCUT2D eigenvalue weighted by Crippen LogP contribution is 2.33. The van der Waals surface area contributed by atoms with Crippen LogP contribution in [-0.4, -0.2) is 35.1 Å².